The van der Waals surface area contributed by atoms with Crippen molar-refractivity contribution in [3.8, 4) is 0 Å². The smallest absolute Gasteiger partial charge is 0.139 e. The van der Waals surface area contributed by atoms with Gasteiger partial charge in [-0.1, -0.05) is 13.8 Å². The number of hydrogen-bond acceptors (Lipinski definition) is 2. The topological polar surface area (TPSA) is 38.9 Å². The van der Waals surface area contributed by atoms with E-state index in [1.54, 1.807) is 6.07 Å². The van der Waals surface area contributed by atoms with Crippen LogP contribution in [-0.2, 0) is 0 Å². The molecule has 0 spiro atoms. The molecule has 4 heteroatoms. The molecule has 1 aromatic carbocycles. The number of rotatable bonds is 1. The lowest BCUT2D eigenvalue weighted by atomic mass is 10.0. The molecular weight excluding hydrogens is 271 g/mol. The Morgan fingerprint density at radius 2 is 2.00 bits per heavy atom. The van der Waals surface area contributed by atoms with Crippen LogP contribution in [0.15, 0.2) is 22.7 Å². The minimum atomic E-state index is -0.323. The van der Waals surface area contributed by atoms with Crippen molar-refractivity contribution in [1.29, 1.82) is 0 Å². The first-order valence-corrected chi connectivity index (χ1v) is 5.83. The molecule has 0 amide bonds. The highest BCUT2D eigenvalue weighted by atomic mass is 79.9. The fraction of sp³-hybridized carbons (Fsp3) is 0.250. The number of nitrogens with zero attached hydrogens (tertiary/aromatic N) is 1. The normalized spacial score (nSPS) is 11.3. The number of hydrogen-bond donors (Lipinski definition) is 1. The van der Waals surface area contributed by atoms with E-state index in [1.807, 2.05) is 6.07 Å². The van der Waals surface area contributed by atoms with E-state index >= 15 is 0 Å². The van der Waals surface area contributed by atoms with E-state index in [2.05, 4.69) is 34.8 Å². The van der Waals surface area contributed by atoms with Crippen molar-refractivity contribution in [3.63, 3.8) is 0 Å². The molecule has 16 heavy (non-hydrogen) atoms. The van der Waals surface area contributed by atoms with Crippen LogP contribution in [0.2, 0.25) is 0 Å². The minimum absolute atomic E-state index is 0.306. The number of fused-ring (bicyclic) bond motifs is 1. The van der Waals surface area contributed by atoms with E-state index in [1.165, 1.54) is 6.07 Å². The average Bonchev–Trinajstić information content (AvgIpc) is 2.19. The molecule has 0 fully saturated rings. The van der Waals surface area contributed by atoms with Crippen LogP contribution >= 0.6 is 15.9 Å². The number of benzene rings is 1. The predicted octanol–water partition coefficient (Wildman–Crippen LogP) is 3.84. The predicted molar refractivity (Wildman–Crippen MR) is 67.9 cm³/mol. The molecule has 0 bridgehead atoms. The van der Waals surface area contributed by atoms with Gasteiger partial charge < -0.3 is 5.73 Å². The summed E-state index contributed by atoms with van der Waals surface area (Å²) in [5.41, 5.74) is 7.41. The van der Waals surface area contributed by atoms with Crippen molar-refractivity contribution in [2.24, 2.45) is 0 Å². The van der Waals surface area contributed by atoms with E-state index in [4.69, 9.17) is 5.73 Å². The molecule has 0 unspecified atom stereocenters. The monoisotopic (exact) mass is 282 g/mol. The number of aromatic nitrogens is 1. The summed E-state index contributed by atoms with van der Waals surface area (Å²) in [5.74, 6) is 0.460. The maximum absolute atomic E-state index is 13.3. The molecule has 0 saturated carbocycles. The van der Waals surface area contributed by atoms with E-state index < -0.39 is 0 Å². The third-order valence-corrected chi connectivity index (χ3v) is 3.15. The van der Waals surface area contributed by atoms with E-state index in [-0.39, 0.29) is 5.82 Å². The average molecular weight is 283 g/mol. The van der Waals surface area contributed by atoms with Gasteiger partial charge in [-0.25, -0.2) is 9.37 Å². The summed E-state index contributed by atoms with van der Waals surface area (Å²) < 4.78 is 13.8. The largest absolute Gasteiger partial charge is 0.383 e. The summed E-state index contributed by atoms with van der Waals surface area (Å²) in [7, 11) is 0. The fourth-order valence-corrected chi connectivity index (χ4v) is 2.02. The Morgan fingerprint density at radius 3 is 2.62 bits per heavy atom. The summed E-state index contributed by atoms with van der Waals surface area (Å²) in [5, 5.41) is 0.895. The standard InChI is InChI=1S/C12H12BrFN2/c1-6(2)8-3-7-4-9(13)10(14)5-11(7)16-12(8)15/h3-6H,1-2H3,(H2,15,16). The number of halogens is 2. The maximum Gasteiger partial charge on any atom is 0.139 e. The highest BCUT2D eigenvalue weighted by molar-refractivity contribution is 9.10. The van der Waals surface area contributed by atoms with Gasteiger partial charge in [0.25, 0.3) is 0 Å². The number of anilines is 1. The fourth-order valence-electron chi connectivity index (χ4n) is 1.66. The first-order valence-electron chi connectivity index (χ1n) is 5.04. The second-order valence-electron chi connectivity index (χ2n) is 4.08. The molecular formula is C12H12BrFN2. The van der Waals surface area contributed by atoms with Crippen molar-refractivity contribution in [2.75, 3.05) is 5.73 Å². The molecule has 0 saturated heterocycles. The number of nitrogens with two attached hydrogens (primary N) is 1. The molecule has 2 rings (SSSR count). The van der Waals surface area contributed by atoms with Crippen LogP contribution < -0.4 is 5.73 Å². The molecule has 0 radical (unpaired) electrons. The summed E-state index contributed by atoms with van der Waals surface area (Å²) in [6.45, 7) is 4.11. The molecule has 1 heterocycles. The van der Waals surface area contributed by atoms with Crippen molar-refractivity contribution < 1.29 is 4.39 Å². The number of pyridine rings is 1. The van der Waals surface area contributed by atoms with E-state index in [0.717, 1.165) is 10.9 Å². The summed E-state index contributed by atoms with van der Waals surface area (Å²) in [6.07, 6.45) is 0. The van der Waals surface area contributed by atoms with Crippen molar-refractivity contribution in [1.82, 2.24) is 4.98 Å². The van der Waals surface area contributed by atoms with Gasteiger partial charge in [0.05, 0.1) is 9.99 Å². The first-order chi connectivity index (χ1) is 7.49. The first kappa shape index (κ1) is 11.3. The third kappa shape index (κ3) is 1.89. The molecule has 2 nitrogen and oxygen atoms in total. The lowest BCUT2D eigenvalue weighted by molar-refractivity contribution is 0.623. The van der Waals surface area contributed by atoms with Gasteiger partial charge in [-0.15, -0.1) is 0 Å². The zero-order valence-corrected chi connectivity index (χ0v) is 10.7. The zero-order chi connectivity index (χ0) is 11.9. The van der Waals surface area contributed by atoms with Gasteiger partial charge in [0.15, 0.2) is 0 Å². The molecule has 0 aliphatic heterocycles. The van der Waals surface area contributed by atoms with Crippen molar-refractivity contribution in [3.05, 3.63) is 34.1 Å². The van der Waals surface area contributed by atoms with Gasteiger partial charge in [0, 0.05) is 11.5 Å². The third-order valence-electron chi connectivity index (χ3n) is 2.54. The Balaban J connectivity index is 2.74. The SMILES string of the molecule is CC(C)c1cc2cc(Br)c(F)cc2nc1N. The second-order valence-corrected chi connectivity index (χ2v) is 4.93. The Bertz CT molecular complexity index is 552. The lowest BCUT2D eigenvalue weighted by Crippen LogP contribution is -2.00. The van der Waals surface area contributed by atoms with Crippen LogP contribution in [-0.4, -0.2) is 4.98 Å². The van der Waals surface area contributed by atoms with Gasteiger partial charge in [0.2, 0.25) is 0 Å². The molecule has 0 aliphatic rings. The Morgan fingerprint density at radius 1 is 1.31 bits per heavy atom. The van der Waals surface area contributed by atoms with Crippen LogP contribution in [0.3, 0.4) is 0 Å². The van der Waals surface area contributed by atoms with Gasteiger partial charge in [-0.3, -0.25) is 0 Å². The Hall–Kier alpha value is -1.16. The maximum atomic E-state index is 13.3. The highest BCUT2D eigenvalue weighted by Gasteiger charge is 2.09. The van der Waals surface area contributed by atoms with Crippen molar-refractivity contribution >= 4 is 32.7 Å². The molecule has 84 valence electrons. The van der Waals surface area contributed by atoms with Crippen molar-refractivity contribution in [2.45, 2.75) is 19.8 Å². The summed E-state index contributed by atoms with van der Waals surface area (Å²) >= 11 is 3.16. The summed E-state index contributed by atoms with van der Waals surface area (Å²) in [6, 6.07) is 5.08. The quantitative estimate of drug-likeness (QED) is 0.863. The second kappa shape index (κ2) is 4.01. The molecule has 2 aromatic rings. The Labute approximate surface area is 102 Å². The minimum Gasteiger partial charge on any atom is -0.383 e. The van der Waals surface area contributed by atoms with Gasteiger partial charge >= 0.3 is 0 Å². The van der Waals surface area contributed by atoms with E-state index in [0.29, 0.717) is 21.7 Å². The van der Waals surface area contributed by atoms with E-state index in [9.17, 15) is 4.39 Å². The molecule has 0 aliphatic carbocycles. The zero-order valence-electron chi connectivity index (χ0n) is 9.09. The van der Waals surface area contributed by atoms with Crippen LogP contribution in [0, 0.1) is 5.82 Å². The Kier molecular flexibility index (Phi) is 2.84. The van der Waals surface area contributed by atoms with Crippen LogP contribution in [0.5, 0.6) is 0 Å². The summed E-state index contributed by atoms with van der Waals surface area (Å²) in [4.78, 5) is 4.22. The van der Waals surface area contributed by atoms with Crippen LogP contribution in [0.1, 0.15) is 25.3 Å². The van der Waals surface area contributed by atoms with Gasteiger partial charge in [-0.2, -0.15) is 0 Å². The highest BCUT2D eigenvalue weighted by Crippen LogP contribution is 2.28. The lowest BCUT2D eigenvalue weighted by Gasteiger charge is -2.10. The van der Waals surface area contributed by atoms with Gasteiger partial charge in [0.1, 0.15) is 11.6 Å². The molecule has 0 atom stereocenters. The molecule has 1 aromatic heterocycles. The van der Waals surface area contributed by atoms with Gasteiger partial charge in [-0.05, 0) is 39.5 Å². The van der Waals surface area contributed by atoms with Crippen LogP contribution in [0.25, 0.3) is 10.9 Å². The molecule has 2 N–H and O–H groups in total. The number of nitrogen functional groups attached to an aromatic ring is 1. The van der Waals surface area contributed by atoms with Crippen LogP contribution in [0.4, 0.5) is 10.2 Å².